The summed E-state index contributed by atoms with van der Waals surface area (Å²) in [4.78, 5) is 34.3. The van der Waals surface area contributed by atoms with E-state index >= 15 is 0 Å². The number of amides is 2. The number of methoxy groups -OCH3 is 3. The van der Waals surface area contributed by atoms with Gasteiger partial charge in [0.2, 0.25) is 11.7 Å². The maximum atomic E-state index is 14.4. The maximum Gasteiger partial charge on any atom is 0.254 e. The van der Waals surface area contributed by atoms with Gasteiger partial charge in [-0.3, -0.25) is 9.59 Å². The van der Waals surface area contributed by atoms with Gasteiger partial charge in [-0.1, -0.05) is 25.1 Å². The fraction of sp³-hybridized carbons (Fsp3) is 0.517. The summed E-state index contributed by atoms with van der Waals surface area (Å²) in [5.41, 5.74) is 2.14. The first kappa shape index (κ1) is 26.8. The van der Waals surface area contributed by atoms with Crippen molar-refractivity contribution >= 4 is 11.8 Å². The Balaban J connectivity index is 1.88. The smallest absolute Gasteiger partial charge is 0.254 e. The lowest BCUT2D eigenvalue weighted by Crippen LogP contribution is -2.51. The van der Waals surface area contributed by atoms with E-state index in [2.05, 4.69) is 11.9 Å². The van der Waals surface area contributed by atoms with Gasteiger partial charge in [-0.25, -0.2) is 0 Å². The molecule has 0 bridgehead atoms. The maximum absolute atomic E-state index is 14.4. The molecule has 2 heterocycles. The molecular weight excluding hydrogens is 470 g/mol. The van der Waals surface area contributed by atoms with Crippen molar-refractivity contribution in [2.75, 3.05) is 55.1 Å². The SMILES string of the molecule is CCCN1C(=O)c2ccccc2[C@@H](C(=O)N(C)C2CCN(C)CC2)[C@@H]1c1cc(OC)c(OC)c(OC)c1. The highest BCUT2D eigenvalue weighted by molar-refractivity contribution is 6.01. The number of likely N-dealkylation sites (tertiary alicyclic amines) is 1. The topological polar surface area (TPSA) is 71.6 Å². The van der Waals surface area contributed by atoms with Gasteiger partial charge in [0.05, 0.1) is 33.3 Å². The Hall–Kier alpha value is -3.26. The number of carbonyl (C=O) groups is 2. The van der Waals surface area contributed by atoms with E-state index in [9.17, 15) is 9.59 Å². The van der Waals surface area contributed by atoms with Crippen LogP contribution in [0, 0.1) is 0 Å². The van der Waals surface area contributed by atoms with E-state index in [0.717, 1.165) is 43.5 Å². The number of fused-ring (bicyclic) bond motifs is 1. The number of rotatable bonds is 8. The number of hydrogen-bond donors (Lipinski definition) is 0. The van der Waals surface area contributed by atoms with E-state index in [0.29, 0.717) is 29.4 Å². The predicted molar refractivity (Wildman–Crippen MR) is 143 cm³/mol. The van der Waals surface area contributed by atoms with Crippen LogP contribution < -0.4 is 14.2 Å². The van der Waals surface area contributed by atoms with Crippen LogP contribution in [0.25, 0.3) is 0 Å². The van der Waals surface area contributed by atoms with Gasteiger partial charge < -0.3 is 28.9 Å². The molecule has 200 valence electrons. The fourth-order valence-corrected chi connectivity index (χ4v) is 5.77. The molecule has 8 heteroatoms. The van der Waals surface area contributed by atoms with Crippen LogP contribution in [0.2, 0.25) is 0 Å². The summed E-state index contributed by atoms with van der Waals surface area (Å²) in [6, 6.07) is 10.9. The summed E-state index contributed by atoms with van der Waals surface area (Å²) < 4.78 is 16.8. The summed E-state index contributed by atoms with van der Waals surface area (Å²) in [7, 11) is 8.73. The van der Waals surface area contributed by atoms with Crippen LogP contribution in [-0.4, -0.2) is 87.6 Å². The van der Waals surface area contributed by atoms with E-state index in [1.807, 2.05) is 60.2 Å². The van der Waals surface area contributed by atoms with Gasteiger partial charge in [0.25, 0.3) is 5.91 Å². The summed E-state index contributed by atoms with van der Waals surface area (Å²) >= 11 is 0. The molecule has 2 aromatic carbocycles. The highest BCUT2D eigenvalue weighted by Gasteiger charge is 2.46. The lowest BCUT2D eigenvalue weighted by molar-refractivity contribution is -0.136. The summed E-state index contributed by atoms with van der Waals surface area (Å²) in [5.74, 6) is 0.859. The number of ether oxygens (including phenoxy) is 3. The molecule has 2 amide bonds. The molecule has 4 rings (SSSR count). The van der Waals surface area contributed by atoms with Crippen LogP contribution in [0.5, 0.6) is 17.2 Å². The highest BCUT2D eigenvalue weighted by atomic mass is 16.5. The van der Waals surface area contributed by atoms with Crippen LogP contribution in [0.3, 0.4) is 0 Å². The van der Waals surface area contributed by atoms with Crippen molar-refractivity contribution in [2.24, 2.45) is 0 Å². The molecule has 8 nitrogen and oxygen atoms in total. The second-order valence-electron chi connectivity index (χ2n) is 9.95. The van der Waals surface area contributed by atoms with Crippen molar-refractivity contribution in [3.63, 3.8) is 0 Å². The van der Waals surface area contributed by atoms with Crippen molar-refractivity contribution in [2.45, 2.75) is 44.2 Å². The van der Waals surface area contributed by atoms with E-state index in [1.165, 1.54) is 0 Å². The summed E-state index contributed by atoms with van der Waals surface area (Å²) in [6.45, 7) is 4.48. The molecule has 0 radical (unpaired) electrons. The van der Waals surface area contributed by atoms with Crippen molar-refractivity contribution in [1.29, 1.82) is 0 Å². The number of nitrogens with zero attached hydrogens (tertiary/aromatic N) is 3. The standard InChI is InChI=1S/C29H39N3O5/c1-7-14-32-26(19-17-23(35-4)27(37-6)24(18-19)36-5)25(21-10-8-9-11-22(21)28(32)33)29(34)31(3)20-12-15-30(2)16-13-20/h8-11,17-18,20,25-26H,7,12-16H2,1-6H3/t25-,26+/m1/s1. The van der Waals surface area contributed by atoms with E-state index in [4.69, 9.17) is 14.2 Å². The summed E-state index contributed by atoms with van der Waals surface area (Å²) in [6.07, 6.45) is 2.62. The lowest BCUT2D eigenvalue weighted by atomic mass is 9.78. The van der Waals surface area contributed by atoms with E-state index < -0.39 is 12.0 Å². The van der Waals surface area contributed by atoms with Gasteiger partial charge in [0.15, 0.2) is 11.5 Å². The van der Waals surface area contributed by atoms with Crippen LogP contribution >= 0.6 is 0 Å². The van der Waals surface area contributed by atoms with Gasteiger partial charge in [-0.2, -0.15) is 0 Å². The van der Waals surface area contributed by atoms with Gasteiger partial charge >= 0.3 is 0 Å². The third-order valence-corrected chi connectivity index (χ3v) is 7.78. The normalized spacial score (nSPS) is 20.4. The van der Waals surface area contributed by atoms with Crippen LogP contribution in [0.1, 0.15) is 59.6 Å². The minimum Gasteiger partial charge on any atom is -0.493 e. The second kappa shape index (κ2) is 11.4. The van der Waals surface area contributed by atoms with Gasteiger partial charge in [-0.05, 0) is 68.7 Å². The average Bonchev–Trinajstić information content (AvgIpc) is 2.93. The first-order valence-corrected chi connectivity index (χ1v) is 13.0. The largest absolute Gasteiger partial charge is 0.493 e. The zero-order valence-electron chi connectivity index (χ0n) is 22.8. The fourth-order valence-electron chi connectivity index (χ4n) is 5.77. The molecule has 1 saturated heterocycles. The molecule has 1 fully saturated rings. The molecule has 0 spiro atoms. The third-order valence-electron chi connectivity index (χ3n) is 7.78. The average molecular weight is 510 g/mol. The third kappa shape index (κ3) is 4.99. The lowest BCUT2D eigenvalue weighted by Gasteiger charge is -2.44. The number of hydrogen-bond acceptors (Lipinski definition) is 6. The number of carbonyl (C=O) groups excluding carboxylic acids is 2. The Morgan fingerprint density at radius 2 is 1.65 bits per heavy atom. The summed E-state index contributed by atoms with van der Waals surface area (Å²) in [5, 5.41) is 0. The minimum absolute atomic E-state index is 0.0226. The van der Waals surface area contributed by atoms with Crippen LogP contribution in [-0.2, 0) is 4.79 Å². The van der Waals surface area contributed by atoms with Crippen molar-refractivity contribution < 1.29 is 23.8 Å². The van der Waals surface area contributed by atoms with Crippen LogP contribution in [0.4, 0.5) is 0 Å². The molecule has 2 aromatic rings. The number of likely N-dealkylation sites (N-methyl/N-ethyl adjacent to an activating group) is 1. The van der Waals surface area contributed by atoms with E-state index in [1.54, 1.807) is 21.3 Å². The molecular formula is C29H39N3O5. The zero-order chi connectivity index (χ0) is 26.7. The second-order valence-corrected chi connectivity index (χ2v) is 9.95. The molecule has 0 N–H and O–H groups in total. The molecule has 37 heavy (non-hydrogen) atoms. The Morgan fingerprint density at radius 1 is 1.03 bits per heavy atom. The molecule has 0 saturated carbocycles. The minimum atomic E-state index is -0.562. The highest BCUT2D eigenvalue weighted by Crippen LogP contribution is 2.48. The zero-order valence-corrected chi connectivity index (χ0v) is 22.8. The monoisotopic (exact) mass is 509 g/mol. The van der Waals surface area contributed by atoms with E-state index in [-0.39, 0.29) is 17.9 Å². The van der Waals surface area contributed by atoms with Crippen molar-refractivity contribution in [1.82, 2.24) is 14.7 Å². The Kier molecular flexibility index (Phi) is 8.27. The number of benzene rings is 2. The van der Waals surface area contributed by atoms with Crippen molar-refractivity contribution in [3.05, 3.63) is 53.1 Å². The van der Waals surface area contributed by atoms with Crippen LogP contribution in [0.15, 0.2) is 36.4 Å². The first-order valence-electron chi connectivity index (χ1n) is 13.0. The number of piperidine rings is 1. The predicted octanol–water partition coefficient (Wildman–Crippen LogP) is 3.96. The Morgan fingerprint density at radius 3 is 2.22 bits per heavy atom. The van der Waals surface area contributed by atoms with Gasteiger partial charge in [0, 0.05) is 25.2 Å². The first-order chi connectivity index (χ1) is 17.9. The van der Waals surface area contributed by atoms with Gasteiger partial charge in [-0.15, -0.1) is 0 Å². The molecule has 0 aliphatic carbocycles. The molecule has 0 unspecified atom stereocenters. The Bertz CT molecular complexity index is 1100. The quantitative estimate of drug-likeness (QED) is 0.537. The molecule has 2 aliphatic rings. The van der Waals surface area contributed by atoms with Gasteiger partial charge in [0.1, 0.15) is 0 Å². The van der Waals surface area contributed by atoms with Crippen molar-refractivity contribution in [3.8, 4) is 17.2 Å². The Labute approximate surface area is 220 Å². The molecule has 2 atom stereocenters. The molecule has 0 aromatic heterocycles. The molecule has 2 aliphatic heterocycles.